The Kier molecular flexibility index (Phi) is 6.93. The molecule has 4 aromatic rings. The van der Waals surface area contributed by atoms with Crippen molar-refractivity contribution in [2.45, 2.75) is 30.8 Å². The number of thioether (sulfide) groups is 1. The van der Waals surface area contributed by atoms with Gasteiger partial charge in [-0.1, -0.05) is 47.1 Å². The lowest BCUT2D eigenvalue weighted by Gasteiger charge is -2.11. The zero-order valence-corrected chi connectivity index (χ0v) is 19.7. The molecule has 1 N–H and O–H groups in total. The second kappa shape index (κ2) is 9.85. The zero-order valence-electron chi connectivity index (χ0n) is 18.1. The Balaban J connectivity index is 1.71. The van der Waals surface area contributed by atoms with Gasteiger partial charge in [-0.3, -0.25) is 4.79 Å². The predicted molar refractivity (Wildman–Crippen MR) is 128 cm³/mol. The van der Waals surface area contributed by atoms with Crippen molar-refractivity contribution in [2.24, 2.45) is 0 Å². The summed E-state index contributed by atoms with van der Waals surface area (Å²) in [5, 5.41) is 13.4. The number of fused-ring (bicyclic) bond motifs is 3. The molecule has 0 saturated carbocycles. The van der Waals surface area contributed by atoms with E-state index in [1.165, 1.54) is 11.8 Å². The van der Waals surface area contributed by atoms with E-state index >= 15 is 0 Å². The quantitative estimate of drug-likeness (QED) is 0.307. The maximum atomic E-state index is 12.3. The van der Waals surface area contributed by atoms with E-state index in [1.54, 1.807) is 7.11 Å². The summed E-state index contributed by atoms with van der Waals surface area (Å²) in [5.74, 6) is -0.0918. The van der Waals surface area contributed by atoms with Crippen molar-refractivity contribution in [2.75, 3.05) is 20.3 Å². The van der Waals surface area contributed by atoms with Crippen molar-refractivity contribution < 1.29 is 9.53 Å². The minimum atomic E-state index is -0.362. The Morgan fingerprint density at radius 3 is 2.88 bits per heavy atom. The van der Waals surface area contributed by atoms with Crippen LogP contribution in [0.15, 0.2) is 47.6 Å². The average Bonchev–Trinajstić information content (AvgIpc) is 3.06. The first kappa shape index (κ1) is 22.5. The number of aryl methyl sites for hydroxylation is 1. The molecular formula is C23H24ClN5O2S. The first-order valence-electron chi connectivity index (χ1n) is 10.3. The summed E-state index contributed by atoms with van der Waals surface area (Å²) in [6, 6.07) is 14.0. The van der Waals surface area contributed by atoms with Crippen LogP contribution >= 0.6 is 23.4 Å². The van der Waals surface area contributed by atoms with E-state index in [4.69, 9.17) is 21.3 Å². The highest BCUT2D eigenvalue weighted by Crippen LogP contribution is 2.30. The normalized spacial score (nSPS) is 12.4. The highest BCUT2D eigenvalue weighted by atomic mass is 35.5. The summed E-state index contributed by atoms with van der Waals surface area (Å²) in [5.41, 5.74) is 4.71. The number of hydrogen-bond donors (Lipinski definition) is 1. The molecule has 0 aliphatic rings. The fourth-order valence-electron chi connectivity index (χ4n) is 3.51. The number of halogens is 1. The van der Waals surface area contributed by atoms with Gasteiger partial charge in [0, 0.05) is 30.6 Å². The number of ether oxygens (including phenoxy) is 1. The molecule has 2 heterocycles. The summed E-state index contributed by atoms with van der Waals surface area (Å²) >= 11 is 7.49. The summed E-state index contributed by atoms with van der Waals surface area (Å²) < 4.78 is 7.10. The molecule has 0 aliphatic heterocycles. The van der Waals surface area contributed by atoms with Crippen molar-refractivity contribution in [3.8, 4) is 0 Å². The second-order valence-electron chi connectivity index (χ2n) is 7.55. The zero-order chi connectivity index (χ0) is 22.7. The lowest BCUT2D eigenvalue weighted by atomic mass is 10.1. The maximum absolute atomic E-state index is 12.3. The van der Waals surface area contributed by atoms with Crippen LogP contribution in [0.25, 0.3) is 22.1 Å². The highest BCUT2D eigenvalue weighted by molar-refractivity contribution is 8.00. The molecule has 2 aromatic heterocycles. The van der Waals surface area contributed by atoms with Gasteiger partial charge in [-0.2, -0.15) is 0 Å². The monoisotopic (exact) mass is 469 g/mol. The van der Waals surface area contributed by atoms with E-state index < -0.39 is 0 Å². The van der Waals surface area contributed by atoms with Gasteiger partial charge in [-0.05, 0) is 43.7 Å². The molecule has 2 aromatic carbocycles. The Morgan fingerprint density at radius 1 is 1.25 bits per heavy atom. The van der Waals surface area contributed by atoms with Gasteiger partial charge in [0.25, 0.3) is 0 Å². The Labute approximate surface area is 195 Å². The number of hydrogen-bond acceptors (Lipinski definition) is 6. The molecule has 0 spiro atoms. The number of amides is 1. The van der Waals surface area contributed by atoms with Crippen LogP contribution in [-0.2, 0) is 16.1 Å². The molecule has 4 rings (SSSR count). The molecule has 0 bridgehead atoms. The summed E-state index contributed by atoms with van der Waals surface area (Å²) in [6.07, 6.45) is 0. The van der Waals surface area contributed by atoms with Crippen molar-refractivity contribution in [1.82, 2.24) is 25.1 Å². The van der Waals surface area contributed by atoms with Crippen LogP contribution in [0.3, 0.4) is 0 Å². The van der Waals surface area contributed by atoms with Gasteiger partial charge in [0.1, 0.15) is 5.52 Å². The Morgan fingerprint density at radius 2 is 2.09 bits per heavy atom. The highest BCUT2D eigenvalue weighted by Gasteiger charge is 2.19. The number of nitrogens with zero attached hydrogens (tertiary/aromatic N) is 4. The van der Waals surface area contributed by atoms with Crippen LogP contribution in [0, 0.1) is 6.92 Å². The summed E-state index contributed by atoms with van der Waals surface area (Å²) in [7, 11) is 1.60. The van der Waals surface area contributed by atoms with E-state index in [0.29, 0.717) is 29.9 Å². The van der Waals surface area contributed by atoms with Gasteiger partial charge in [-0.15, -0.1) is 10.2 Å². The number of aromatic nitrogens is 4. The summed E-state index contributed by atoms with van der Waals surface area (Å²) in [4.78, 5) is 17.1. The first-order valence-corrected chi connectivity index (χ1v) is 11.5. The van der Waals surface area contributed by atoms with Crippen molar-refractivity contribution in [1.29, 1.82) is 0 Å². The van der Waals surface area contributed by atoms with Crippen molar-refractivity contribution >= 4 is 51.3 Å². The third kappa shape index (κ3) is 4.87. The second-order valence-corrected chi connectivity index (χ2v) is 9.29. The van der Waals surface area contributed by atoms with E-state index in [0.717, 1.165) is 33.2 Å². The fourth-order valence-corrected chi connectivity index (χ4v) is 4.46. The minimum Gasteiger partial charge on any atom is -0.383 e. The lowest BCUT2D eigenvalue weighted by molar-refractivity contribution is -0.120. The topological polar surface area (TPSA) is 81.9 Å². The first-order chi connectivity index (χ1) is 15.5. The maximum Gasteiger partial charge on any atom is 0.233 e. The number of nitrogens with one attached hydrogen (secondary N) is 1. The third-order valence-electron chi connectivity index (χ3n) is 5.09. The largest absolute Gasteiger partial charge is 0.383 e. The number of benzene rings is 2. The fraction of sp³-hybridized carbons (Fsp3) is 0.304. The number of carbonyl (C=O) groups is 1. The van der Waals surface area contributed by atoms with Crippen LogP contribution in [0.5, 0.6) is 0 Å². The molecule has 9 heteroatoms. The standard InChI is InChI=1S/C23H24ClN5O2S/c1-14-7-8-19-18(11-14)20-21(29(19)13-16-5-4-6-17(24)12-16)26-23(28-27-20)32-15(2)22(30)25-9-10-31-3/h4-8,11-12,15H,9-10,13H2,1-3H3,(H,25,30). The van der Waals surface area contributed by atoms with Crippen LogP contribution in [0.1, 0.15) is 18.1 Å². The van der Waals surface area contributed by atoms with E-state index in [-0.39, 0.29) is 11.2 Å². The molecule has 1 amide bonds. The Bertz CT molecular complexity index is 1280. The van der Waals surface area contributed by atoms with E-state index in [1.807, 2.05) is 31.2 Å². The number of rotatable bonds is 8. The minimum absolute atomic E-state index is 0.0918. The molecule has 0 aliphatic carbocycles. The van der Waals surface area contributed by atoms with Crippen LogP contribution < -0.4 is 5.32 Å². The van der Waals surface area contributed by atoms with Gasteiger partial charge in [0.05, 0.1) is 17.4 Å². The van der Waals surface area contributed by atoms with Gasteiger partial charge in [0.2, 0.25) is 11.1 Å². The molecule has 0 fully saturated rings. The molecule has 1 atom stereocenters. The average molecular weight is 470 g/mol. The van der Waals surface area contributed by atoms with Crippen molar-refractivity contribution in [3.63, 3.8) is 0 Å². The van der Waals surface area contributed by atoms with Gasteiger partial charge in [-0.25, -0.2) is 4.98 Å². The van der Waals surface area contributed by atoms with Gasteiger partial charge >= 0.3 is 0 Å². The van der Waals surface area contributed by atoms with Gasteiger partial charge in [0.15, 0.2) is 5.65 Å². The van der Waals surface area contributed by atoms with Crippen LogP contribution in [-0.4, -0.2) is 51.2 Å². The molecule has 7 nitrogen and oxygen atoms in total. The molecule has 1 unspecified atom stereocenters. The molecule has 0 saturated heterocycles. The lowest BCUT2D eigenvalue weighted by Crippen LogP contribution is -2.33. The Hall–Kier alpha value is -2.68. The van der Waals surface area contributed by atoms with Crippen LogP contribution in [0.2, 0.25) is 5.02 Å². The SMILES string of the molecule is COCCNC(=O)C(C)Sc1nnc2c3cc(C)ccc3n(Cc3cccc(Cl)c3)c2n1. The number of methoxy groups -OCH3 is 1. The molecule has 166 valence electrons. The molecule has 32 heavy (non-hydrogen) atoms. The number of carbonyl (C=O) groups excluding carboxylic acids is 1. The van der Waals surface area contributed by atoms with E-state index in [9.17, 15) is 4.79 Å². The molecular weight excluding hydrogens is 446 g/mol. The smallest absolute Gasteiger partial charge is 0.233 e. The predicted octanol–water partition coefficient (Wildman–Crippen LogP) is 4.23. The van der Waals surface area contributed by atoms with Crippen molar-refractivity contribution in [3.05, 3.63) is 58.6 Å². The third-order valence-corrected chi connectivity index (χ3v) is 6.28. The summed E-state index contributed by atoms with van der Waals surface area (Å²) in [6.45, 7) is 5.40. The van der Waals surface area contributed by atoms with Crippen LogP contribution in [0.4, 0.5) is 0 Å². The van der Waals surface area contributed by atoms with E-state index in [2.05, 4.69) is 45.2 Å². The van der Waals surface area contributed by atoms with Gasteiger partial charge < -0.3 is 14.6 Å². The molecule has 0 radical (unpaired) electrons.